The normalized spacial score (nSPS) is 18.9. The molecule has 0 atom stereocenters. The number of Topliss-reactive ketones (excluding diaryl/α,β-unsaturated/α-hetero) is 1. The van der Waals surface area contributed by atoms with Crippen LogP contribution in [0, 0.1) is 0 Å². The van der Waals surface area contributed by atoms with Crippen LogP contribution in [0.15, 0.2) is 12.1 Å². The first-order valence-electron chi connectivity index (χ1n) is 4.34. The van der Waals surface area contributed by atoms with Crippen LogP contribution in [0.2, 0.25) is 0 Å². The Morgan fingerprint density at radius 3 is 2.40 bits per heavy atom. The number of carbonyl (C=O) groups excluding carboxylic acids is 1. The third kappa shape index (κ3) is 1.91. The lowest BCUT2D eigenvalue weighted by Gasteiger charge is -2.04. The van der Waals surface area contributed by atoms with Crippen LogP contribution in [-0.4, -0.2) is 11.3 Å². The largest absolute Gasteiger partial charge is 0.425 e. The molecule has 2 rings (SSSR count). The SMILES string of the molecule is NC1(C(=O)c2ccc(C(F)(F)F)s2)CC1. The first kappa shape index (κ1) is 10.6. The van der Waals surface area contributed by atoms with Crippen molar-refractivity contribution in [2.45, 2.75) is 24.6 Å². The lowest BCUT2D eigenvalue weighted by atomic mass is 10.1. The molecule has 0 spiro atoms. The maximum absolute atomic E-state index is 12.2. The summed E-state index contributed by atoms with van der Waals surface area (Å²) in [6.07, 6.45) is -3.26. The number of alkyl halides is 3. The second-order valence-electron chi connectivity index (χ2n) is 3.65. The Morgan fingerprint density at radius 2 is 2.00 bits per heavy atom. The average Bonchev–Trinajstić information content (AvgIpc) is 2.68. The van der Waals surface area contributed by atoms with Crippen molar-refractivity contribution in [3.05, 3.63) is 21.9 Å². The van der Waals surface area contributed by atoms with Gasteiger partial charge in [-0.2, -0.15) is 13.2 Å². The fourth-order valence-electron chi connectivity index (χ4n) is 1.22. The molecule has 1 aliphatic rings. The zero-order valence-electron chi connectivity index (χ0n) is 7.60. The number of hydrogen-bond acceptors (Lipinski definition) is 3. The molecule has 0 aliphatic heterocycles. The second-order valence-corrected chi connectivity index (χ2v) is 4.73. The highest BCUT2D eigenvalue weighted by molar-refractivity contribution is 7.14. The monoisotopic (exact) mass is 235 g/mol. The van der Waals surface area contributed by atoms with Crippen molar-refractivity contribution in [2.24, 2.45) is 5.73 Å². The molecule has 1 aromatic heterocycles. The molecular formula is C9H8F3NOS. The van der Waals surface area contributed by atoms with Crippen LogP contribution >= 0.6 is 11.3 Å². The minimum Gasteiger partial charge on any atom is -0.319 e. The predicted octanol–water partition coefficient (Wildman–Crippen LogP) is 2.44. The van der Waals surface area contributed by atoms with Crippen molar-refractivity contribution >= 4 is 17.1 Å². The van der Waals surface area contributed by atoms with E-state index in [0.717, 1.165) is 6.07 Å². The molecule has 1 heterocycles. The quantitative estimate of drug-likeness (QED) is 0.800. The van der Waals surface area contributed by atoms with Gasteiger partial charge in [-0.25, -0.2) is 0 Å². The summed E-state index contributed by atoms with van der Waals surface area (Å²) in [5.41, 5.74) is 4.72. The molecule has 1 aromatic rings. The van der Waals surface area contributed by atoms with Crippen molar-refractivity contribution < 1.29 is 18.0 Å². The van der Waals surface area contributed by atoms with Gasteiger partial charge in [-0.3, -0.25) is 4.79 Å². The highest BCUT2D eigenvalue weighted by atomic mass is 32.1. The van der Waals surface area contributed by atoms with Gasteiger partial charge < -0.3 is 5.73 Å². The third-order valence-corrected chi connectivity index (χ3v) is 3.48. The Bertz CT molecular complexity index is 406. The molecule has 82 valence electrons. The van der Waals surface area contributed by atoms with E-state index in [0.29, 0.717) is 24.2 Å². The number of hydrogen-bond donors (Lipinski definition) is 1. The summed E-state index contributed by atoms with van der Waals surface area (Å²) in [4.78, 5) is 10.9. The first-order valence-corrected chi connectivity index (χ1v) is 5.15. The van der Waals surface area contributed by atoms with Crippen LogP contribution in [-0.2, 0) is 6.18 Å². The van der Waals surface area contributed by atoms with Crippen LogP contribution in [0.5, 0.6) is 0 Å². The van der Waals surface area contributed by atoms with Gasteiger partial charge in [0.1, 0.15) is 4.88 Å². The molecule has 1 saturated carbocycles. The molecule has 2 nitrogen and oxygen atoms in total. The van der Waals surface area contributed by atoms with Gasteiger partial charge in [-0.15, -0.1) is 11.3 Å². The van der Waals surface area contributed by atoms with Gasteiger partial charge >= 0.3 is 6.18 Å². The van der Waals surface area contributed by atoms with E-state index in [-0.39, 0.29) is 10.7 Å². The summed E-state index contributed by atoms with van der Waals surface area (Å²) in [6.45, 7) is 0. The topological polar surface area (TPSA) is 43.1 Å². The number of rotatable bonds is 2. The summed E-state index contributed by atoms with van der Waals surface area (Å²) in [5.74, 6) is -0.372. The summed E-state index contributed by atoms with van der Waals surface area (Å²) in [6, 6.07) is 2.12. The Kier molecular flexibility index (Phi) is 2.16. The lowest BCUT2D eigenvalue weighted by Crippen LogP contribution is -2.32. The maximum Gasteiger partial charge on any atom is 0.425 e. The molecule has 15 heavy (non-hydrogen) atoms. The van der Waals surface area contributed by atoms with E-state index in [9.17, 15) is 18.0 Å². The van der Waals surface area contributed by atoms with E-state index in [4.69, 9.17) is 5.73 Å². The lowest BCUT2D eigenvalue weighted by molar-refractivity contribution is -0.134. The highest BCUT2D eigenvalue weighted by Gasteiger charge is 2.47. The molecule has 1 aliphatic carbocycles. The standard InChI is InChI=1S/C9H8F3NOS/c10-9(11,12)6-2-1-5(15-6)7(14)8(13)3-4-8/h1-2H,3-4,13H2. The average molecular weight is 235 g/mol. The number of nitrogens with two attached hydrogens (primary N) is 1. The number of thiophene rings is 1. The van der Waals surface area contributed by atoms with Crippen molar-refractivity contribution in [3.8, 4) is 0 Å². The summed E-state index contributed by atoms with van der Waals surface area (Å²) < 4.78 is 36.7. The van der Waals surface area contributed by atoms with E-state index in [2.05, 4.69) is 0 Å². The van der Waals surface area contributed by atoms with Crippen molar-refractivity contribution in [1.29, 1.82) is 0 Å². The first-order chi connectivity index (χ1) is 6.83. The Morgan fingerprint density at radius 1 is 1.40 bits per heavy atom. The highest BCUT2D eigenvalue weighted by Crippen LogP contribution is 2.40. The number of halogens is 3. The zero-order valence-corrected chi connectivity index (χ0v) is 8.41. The van der Waals surface area contributed by atoms with Crippen LogP contribution in [0.25, 0.3) is 0 Å². The minimum atomic E-state index is -4.38. The molecule has 6 heteroatoms. The Labute approximate surface area is 87.9 Å². The molecule has 0 amide bonds. The van der Waals surface area contributed by atoms with Gasteiger partial charge in [0.25, 0.3) is 0 Å². The van der Waals surface area contributed by atoms with E-state index >= 15 is 0 Å². The zero-order chi connectivity index (χ0) is 11.3. The summed E-state index contributed by atoms with van der Waals surface area (Å²) >= 11 is 0.460. The van der Waals surface area contributed by atoms with Gasteiger partial charge in [0.2, 0.25) is 0 Å². The van der Waals surface area contributed by atoms with Crippen LogP contribution in [0.3, 0.4) is 0 Å². The fraction of sp³-hybridized carbons (Fsp3) is 0.444. The predicted molar refractivity (Wildman–Crippen MR) is 49.8 cm³/mol. The third-order valence-electron chi connectivity index (χ3n) is 2.35. The van der Waals surface area contributed by atoms with Gasteiger partial charge in [0, 0.05) is 0 Å². The van der Waals surface area contributed by atoms with Crippen molar-refractivity contribution in [2.75, 3.05) is 0 Å². The maximum atomic E-state index is 12.2. The molecule has 2 N–H and O–H groups in total. The molecule has 0 aromatic carbocycles. The van der Waals surface area contributed by atoms with E-state index in [1.807, 2.05) is 0 Å². The number of ketones is 1. The van der Waals surface area contributed by atoms with Crippen molar-refractivity contribution in [3.63, 3.8) is 0 Å². The molecule has 0 bridgehead atoms. The summed E-state index contributed by atoms with van der Waals surface area (Å²) in [7, 11) is 0. The molecule has 0 radical (unpaired) electrons. The van der Waals surface area contributed by atoms with Gasteiger partial charge in [0.15, 0.2) is 5.78 Å². The van der Waals surface area contributed by atoms with Gasteiger partial charge in [-0.05, 0) is 25.0 Å². The second kappa shape index (κ2) is 3.05. The summed E-state index contributed by atoms with van der Waals surface area (Å²) in [5, 5.41) is 0. The Hall–Kier alpha value is -0.880. The van der Waals surface area contributed by atoms with E-state index in [1.165, 1.54) is 6.07 Å². The minimum absolute atomic E-state index is 0.0994. The van der Waals surface area contributed by atoms with Crippen LogP contribution in [0.1, 0.15) is 27.4 Å². The Balaban J connectivity index is 2.24. The van der Waals surface area contributed by atoms with Gasteiger partial charge in [-0.1, -0.05) is 0 Å². The molecule has 0 saturated heterocycles. The smallest absolute Gasteiger partial charge is 0.319 e. The number of carbonyl (C=O) groups is 1. The fourth-order valence-corrected chi connectivity index (χ4v) is 2.14. The molecule has 0 unspecified atom stereocenters. The molecule has 1 fully saturated rings. The van der Waals surface area contributed by atoms with E-state index in [1.54, 1.807) is 0 Å². The van der Waals surface area contributed by atoms with Crippen LogP contribution < -0.4 is 5.73 Å². The van der Waals surface area contributed by atoms with Gasteiger partial charge in [0.05, 0.1) is 10.4 Å². The van der Waals surface area contributed by atoms with E-state index < -0.39 is 16.6 Å². The van der Waals surface area contributed by atoms with Crippen LogP contribution in [0.4, 0.5) is 13.2 Å². The van der Waals surface area contributed by atoms with Crippen molar-refractivity contribution in [1.82, 2.24) is 0 Å². The molecular weight excluding hydrogens is 227 g/mol.